The molecule has 0 bridgehead atoms. The van der Waals surface area contributed by atoms with Crippen LogP contribution in [0.2, 0.25) is 0 Å². The first-order valence-electron chi connectivity index (χ1n) is 4.41. The number of ether oxygens (including phenoxy) is 1. The molecule has 1 amide bonds. The van der Waals surface area contributed by atoms with Crippen molar-refractivity contribution in [2.45, 2.75) is 12.8 Å². The SMILES string of the molecule is NC(=O)COCCNCCCC(=O)O. The second-order valence-corrected chi connectivity index (χ2v) is 2.77. The van der Waals surface area contributed by atoms with E-state index in [2.05, 4.69) is 5.32 Å². The number of hydrogen-bond donors (Lipinski definition) is 3. The summed E-state index contributed by atoms with van der Waals surface area (Å²) in [6.07, 6.45) is 0.750. The Morgan fingerprint density at radius 2 is 2.07 bits per heavy atom. The third-order valence-electron chi connectivity index (χ3n) is 1.41. The number of primary amides is 1. The van der Waals surface area contributed by atoms with Gasteiger partial charge in [-0.05, 0) is 13.0 Å². The number of aliphatic carboxylic acids is 1. The summed E-state index contributed by atoms with van der Waals surface area (Å²) in [6, 6.07) is 0. The minimum atomic E-state index is -0.795. The van der Waals surface area contributed by atoms with Gasteiger partial charge in [-0.1, -0.05) is 0 Å². The van der Waals surface area contributed by atoms with Crippen molar-refractivity contribution in [3.63, 3.8) is 0 Å². The van der Waals surface area contributed by atoms with E-state index in [-0.39, 0.29) is 13.0 Å². The zero-order chi connectivity index (χ0) is 10.8. The molecule has 0 aromatic heterocycles. The maximum absolute atomic E-state index is 10.2. The number of carbonyl (C=O) groups excluding carboxylic acids is 1. The summed E-state index contributed by atoms with van der Waals surface area (Å²) in [5, 5.41) is 11.3. The zero-order valence-electron chi connectivity index (χ0n) is 7.99. The molecule has 0 aliphatic rings. The molecule has 0 radical (unpaired) electrons. The monoisotopic (exact) mass is 204 g/mol. The molecule has 0 aromatic carbocycles. The Kier molecular flexibility index (Phi) is 7.77. The summed E-state index contributed by atoms with van der Waals surface area (Å²) in [5.74, 6) is -1.28. The lowest BCUT2D eigenvalue weighted by atomic mass is 10.3. The minimum Gasteiger partial charge on any atom is -0.481 e. The molecule has 0 spiro atoms. The van der Waals surface area contributed by atoms with Crippen LogP contribution >= 0.6 is 0 Å². The average Bonchev–Trinajstić information content (AvgIpc) is 2.08. The van der Waals surface area contributed by atoms with Crippen molar-refractivity contribution in [2.24, 2.45) is 5.73 Å². The van der Waals surface area contributed by atoms with Crippen LogP contribution in [0.3, 0.4) is 0 Å². The molecule has 0 aliphatic heterocycles. The number of nitrogens with one attached hydrogen (secondary N) is 1. The fraction of sp³-hybridized carbons (Fsp3) is 0.750. The van der Waals surface area contributed by atoms with Crippen LogP contribution in [0, 0.1) is 0 Å². The summed E-state index contributed by atoms with van der Waals surface area (Å²) in [6.45, 7) is 1.55. The highest BCUT2D eigenvalue weighted by Gasteiger charge is 1.96. The molecule has 4 N–H and O–H groups in total. The van der Waals surface area contributed by atoms with Crippen molar-refractivity contribution in [1.29, 1.82) is 0 Å². The van der Waals surface area contributed by atoms with Gasteiger partial charge in [-0.2, -0.15) is 0 Å². The van der Waals surface area contributed by atoms with E-state index in [9.17, 15) is 9.59 Å². The molecule has 14 heavy (non-hydrogen) atoms. The molecule has 0 aliphatic carbocycles. The van der Waals surface area contributed by atoms with Crippen LogP contribution in [0.25, 0.3) is 0 Å². The molecule has 0 fully saturated rings. The quantitative estimate of drug-likeness (QED) is 0.416. The molecule has 6 heteroatoms. The first-order chi connectivity index (χ1) is 6.63. The highest BCUT2D eigenvalue weighted by molar-refractivity contribution is 5.74. The normalized spacial score (nSPS) is 10.0. The number of hydrogen-bond acceptors (Lipinski definition) is 4. The number of amides is 1. The fourth-order valence-electron chi connectivity index (χ4n) is 0.807. The highest BCUT2D eigenvalue weighted by atomic mass is 16.5. The molecule has 6 nitrogen and oxygen atoms in total. The van der Waals surface area contributed by atoms with Gasteiger partial charge in [-0.15, -0.1) is 0 Å². The van der Waals surface area contributed by atoms with E-state index in [1.54, 1.807) is 0 Å². The van der Waals surface area contributed by atoms with Gasteiger partial charge in [0.1, 0.15) is 6.61 Å². The summed E-state index contributed by atoms with van der Waals surface area (Å²) >= 11 is 0. The standard InChI is InChI=1S/C8H16N2O4/c9-7(11)6-14-5-4-10-3-1-2-8(12)13/h10H,1-6H2,(H2,9,11)(H,12,13). The molecule has 0 rings (SSSR count). The third-order valence-corrected chi connectivity index (χ3v) is 1.41. The number of nitrogens with two attached hydrogens (primary N) is 1. The van der Waals surface area contributed by atoms with Crippen LogP contribution < -0.4 is 11.1 Å². The molecule has 82 valence electrons. The maximum atomic E-state index is 10.2. The number of carbonyl (C=O) groups is 2. The van der Waals surface area contributed by atoms with Gasteiger partial charge in [-0.3, -0.25) is 9.59 Å². The summed E-state index contributed by atoms with van der Waals surface area (Å²) < 4.78 is 4.87. The number of carboxylic acids is 1. The molecular formula is C8H16N2O4. The van der Waals surface area contributed by atoms with E-state index in [0.29, 0.717) is 26.1 Å². The maximum Gasteiger partial charge on any atom is 0.303 e. The van der Waals surface area contributed by atoms with Crippen molar-refractivity contribution < 1.29 is 19.4 Å². The smallest absolute Gasteiger partial charge is 0.303 e. The van der Waals surface area contributed by atoms with Gasteiger partial charge in [0.25, 0.3) is 0 Å². The van der Waals surface area contributed by atoms with Crippen LogP contribution in [0.15, 0.2) is 0 Å². The Hall–Kier alpha value is -1.14. The second kappa shape index (κ2) is 8.46. The molecule has 0 aromatic rings. The predicted octanol–water partition coefficient (Wildman–Crippen LogP) is -1.06. The van der Waals surface area contributed by atoms with Gasteiger partial charge in [0.15, 0.2) is 0 Å². The van der Waals surface area contributed by atoms with Crippen LogP contribution in [-0.2, 0) is 14.3 Å². The van der Waals surface area contributed by atoms with Gasteiger partial charge >= 0.3 is 5.97 Å². The fourth-order valence-corrected chi connectivity index (χ4v) is 0.807. The van der Waals surface area contributed by atoms with E-state index in [0.717, 1.165) is 0 Å². The van der Waals surface area contributed by atoms with Crippen LogP contribution in [-0.4, -0.2) is 43.3 Å². The molecule has 0 atom stereocenters. The summed E-state index contributed by atoms with van der Waals surface area (Å²) in [4.78, 5) is 20.3. The lowest BCUT2D eigenvalue weighted by molar-refractivity contribution is -0.137. The van der Waals surface area contributed by atoms with Crippen LogP contribution in [0.1, 0.15) is 12.8 Å². The molecule has 0 unspecified atom stereocenters. The lowest BCUT2D eigenvalue weighted by Crippen LogP contribution is -2.24. The Morgan fingerprint density at radius 3 is 2.64 bits per heavy atom. The second-order valence-electron chi connectivity index (χ2n) is 2.77. The van der Waals surface area contributed by atoms with Gasteiger partial charge < -0.3 is 20.9 Å². The van der Waals surface area contributed by atoms with Crippen LogP contribution in [0.4, 0.5) is 0 Å². The molecule has 0 saturated heterocycles. The van der Waals surface area contributed by atoms with E-state index < -0.39 is 11.9 Å². The number of carboxylic acid groups (broad SMARTS) is 1. The van der Waals surface area contributed by atoms with Crippen molar-refractivity contribution >= 4 is 11.9 Å². The minimum absolute atomic E-state index is 0.0726. The Labute approximate surface area is 82.4 Å². The largest absolute Gasteiger partial charge is 0.481 e. The topological polar surface area (TPSA) is 102 Å². The van der Waals surface area contributed by atoms with E-state index in [4.69, 9.17) is 15.6 Å². The van der Waals surface area contributed by atoms with Crippen molar-refractivity contribution in [3.8, 4) is 0 Å². The van der Waals surface area contributed by atoms with Crippen molar-refractivity contribution in [1.82, 2.24) is 5.32 Å². The molecule has 0 saturated carbocycles. The first-order valence-corrected chi connectivity index (χ1v) is 4.41. The van der Waals surface area contributed by atoms with Crippen LogP contribution in [0.5, 0.6) is 0 Å². The highest BCUT2D eigenvalue weighted by Crippen LogP contribution is 1.85. The van der Waals surface area contributed by atoms with E-state index in [1.165, 1.54) is 0 Å². The Morgan fingerprint density at radius 1 is 1.36 bits per heavy atom. The summed E-state index contributed by atoms with van der Waals surface area (Å²) in [7, 11) is 0. The molecular weight excluding hydrogens is 188 g/mol. The molecule has 0 heterocycles. The Bertz CT molecular complexity index is 164. The van der Waals surface area contributed by atoms with E-state index in [1.807, 2.05) is 0 Å². The Balaban J connectivity index is 2.99. The number of rotatable bonds is 9. The van der Waals surface area contributed by atoms with Gasteiger partial charge in [0.05, 0.1) is 6.61 Å². The van der Waals surface area contributed by atoms with Gasteiger partial charge in [0.2, 0.25) is 5.91 Å². The van der Waals surface area contributed by atoms with Crippen molar-refractivity contribution in [3.05, 3.63) is 0 Å². The predicted molar refractivity (Wildman–Crippen MR) is 49.8 cm³/mol. The van der Waals surface area contributed by atoms with Gasteiger partial charge in [-0.25, -0.2) is 0 Å². The van der Waals surface area contributed by atoms with Gasteiger partial charge in [0, 0.05) is 13.0 Å². The van der Waals surface area contributed by atoms with E-state index >= 15 is 0 Å². The third kappa shape index (κ3) is 10.9. The first kappa shape index (κ1) is 12.9. The summed E-state index contributed by atoms with van der Waals surface area (Å²) in [5.41, 5.74) is 4.84. The van der Waals surface area contributed by atoms with Crippen molar-refractivity contribution in [2.75, 3.05) is 26.3 Å². The lowest BCUT2D eigenvalue weighted by Gasteiger charge is -2.03. The zero-order valence-corrected chi connectivity index (χ0v) is 7.99. The average molecular weight is 204 g/mol.